The zero-order valence-electron chi connectivity index (χ0n) is 17.8. The Morgan fingerprint density at radius 1 is 1.12 bits per heavy atom. The molecule has 0 aliphatic rings. The summed E-state index contributed by atoms with van der Waals surface area (Å²) in [6.45, 7) is 2.69. The van der Waals surface area contributed by atoms with Crippen LogP contribution in [0.1, 0.15) is 16.7 Å². The molecule has 0 saturated carbocycles. The Balaban J connectivity index is 1.45. The van der Waals surface area contributed by atoms with E-state index in [0.29, 0.717) is 12.1 Å². The van der Waals surface area contributed by atoms with E-state index in [1.807, 2.05) is 24.3 Å². The van der Waals surface area contributed by atoms with Crippen molar-refractivity contribution in [1.82, 2.24) is 15.0 Å². The Morgan fingerprint density at radius 2 is 1.85 bits per heavy atom. The summed E-state index contributed by atoms with van der Waals surface area (Å²) in [5, 5.41) is 15.7. The topological polar surface area (TPSA) is 102 Å². The third-order valence-electron chi connectivity index (χ3n) is 4.94. The summed E-state index contributed by atoms with van der Waals surface area (Å²) in [7, 11) is 0. The quantitative estimate of drug-likeness (QED) is 0.180. The zero-order valence-corrected chi connectivity index (χ0v) is 18.7. The van der Waals surface area contributed by atoms with Crippen molar-refractivity contribution in [3.63, 3.8) is 0 Å². The Kier molecular flexibility index (Phi) is 6.80. The van der Waals surface area contributed by atoms with Gasteiger partial charge in [-0.3, -0.25) is 14.9 Å². The van der Waals surface area contributed by atoms with Gasteiger partial charge in [0.05, 0.1) is 40.0 Å². The number of thioether (sulfide) groups is 1. The second-order valence-electron chi connectivity index (χ2n) is 7.35. The third kappa shape index (κ3) is 5.45. The normalized spacial score (nSPS) is 11.2. The largest absolute Gasteiger partial charge is 0.314 e. The average molecular weight is 460 g/mol. The maximum atomic E-state index is 12.3. The fourth-order valence-electron chi connectivity index (χ4n) is 3.29. The minimum atomic E-state index is -0.489. The molecule has 8 nitrogen and oxygen atoms in total. The summed E-state index contributed by atoms with van der Waals surface area (Å²) in [6.07, 6.45) is 1.27. The van der Waals surface area contributed by atoms with Crippen molar-refractivity contribution in [2.75, 3.05) is 5.75 Å². The number of rotatable bonds is 8. The smallest absolute Gasteiger partial charge is 0.278 e. The van der Waals surface area contributed by atoms with Crippen LogP contribution >= 0.6 is 11.8 Å². The summed E-state index contributed by atoms with van der Waals surface area (Å²) < 4.78 is 2.09. The standard InChI is InChI=1S/C24H21N5O3S/c1-17-10-12-18(13-11-17)15-28-22-9-5-3-7-20(22)26-24(28)33-16-23(30)27-25-14-19-6-2-4-8-21(19)29(31)32/h2-14H,15-16H2,1H3,(H,27,30). The van der Waals surface area contributed by atoms with Gasteiger partial charge in [0.2, 0.25) is 0 Å². The van der Waals surface area contributed by atoms with Crippen LogP contribution in [0.15, 0.2) is 83.1 Å². The maximum Gasteiger partial charge on any atom is 0.278 e. The molecule has 0 fully saturated rings. The number of para-hydroxylation sites is 3. The van der Waals surface area contributed by atoms with Crippen molar-refractivity contribution in [2.24, 2.45) is 5.10 Å². The second-order valence-corrected chi connectivity index (χ2v) is 8.30. The molecule has 0 unspecified atom stereocenters. The van der Waals surface area contributed by atoms with E-state index in [9.17, 15) is 14.9 Å². The van der Waals surface area contributed by atoms with Gasteiger partial charge in [0.15, 0.2) is 5.16 Å². The molecule has 1 heterocycles. The van der Waals surface area contributed by atoms with E-state index < -0.39 is 4.92 Å². The number of hydrogen-bond acceptors (Lipinski definition) is 6. The molecule has 1 amide bonds. The van der Waals surface area contributed by atoms with Gasteiger partial charge in [-0.1, -0.05) is 65.9 Å². The molecule has 0 atom stereocenters. The van der Waals surface area contributed by atoms with Crippen LogP contribution in [0.5, 0.6) is 0 Å². The summed E-state index contributed by atoms with van der Waals surface area (Å²) >= 11 is 1.32. The lowest BCUT2D eigenvalue weighted by molar-refractivity contribution is -0.385. The van der Waals surface area contributed by atoms with Gasteiger partial charge in [-0.25, -0.2) is 10.4 Å². The molecule has 3 aromatic carbocycles. The van der Waals surface area contributed by atoms with Gasteiger partial charge < -0.3 is 4.57 Å². The van der Waals surface area contributed by atoms with E-state index in [1.165, 1.54) is 29.6 Å². The lowest BCUT2D eigenvalue weighted by atomic mass is 10.1. The number of carbonyl (C=O) groups excluding carboxylic acids is 1. The molecule has 0 aliphatic heterocycles. The number of nitro groups is 1. The van der Waals surface area contributed by atoms with Crippen LogP contribution in [0.25, 0.3) is 11.0 Å². The monoisotopic (exact) mass is 459 g/mol. The van der Waals surface area contributed by atoms with Crippen molar-refractivity contribution in [2.45, 2.75) is 18.6 Å². The predicted molar refractivity (Wildman–Crippen MR) is 130 cm³/mol. The molecule has 33 heavy (non-hydrogen) atoms. The molecule has 1 aromatic heterocycles. The van der Waals surface area contributed by atoms with Crippen LogP contribution in [0.3, 0.4) is 0 Å². The minimum absolute atomic E-state index is 0.0744. The molecule has 0 aliphatic carbocycles. The SMILES string of the molecule is Cc1ccc(Cn2c(SCC(=O)NN=Cc3ccccc3[N+](=O)[O-])nc3ccccc32)cc1. The van der Waals surface area contributed by atoms with Gasteiger partial charge >= 0.3 is 0 Å². The summed E-state index contributed by atoms with van der Waals surface area (Å²) in [4.78, 5) is 27.6. The van der Waals surface area contributed by atoms with Gasteiger partial charge in [0.25, 0.3) is 11.6 Å². The van der Waals surface area contributed by atoms with Crippen molar-refractivity contribution in [3.05, 3.63) is 99.6 Å². The Bertz CT molecular complexity index is 1330. The Hall–Kier alpha value is -3.98. The number of hydrogen-bond donors (Lipinski definition) is 1. The number of aromatic nitrogens is 2. The number of nitrogens with zero attached hydrogens (tertiary/aromatic N) is 4. The Labute approximate surface area is 194 Å². The lowest BCUT2D eigenvalue weighted by Gasteiger charge is -2.09. The minimum Gasteiger partial charge on any atom is -0.314 e. The molecular weight excluding hydrogens is 438 g/mol. The van der Waals surface area contributed by atoms with Gasteiger partial charge in [-0.05, 0) is 30.7 Å². The summed E-state index contributed by atoms with van der Waals surface area (Å²) in [5.74, 6) is -0.227. The lowest BCUT2D eigenvalue weighted by Crippen LogP contribution is -2.20. The van der Waals surface area contributed by atoms with Gasteiger partial charge in [-0.2, -0.15) is 5.10 Å². The first-order chi connectivity index (χ1) is 16.0. The third-order valence-corrected chi connectivity index (χ3v) is 5.92. The van der Waals surface area contributed by atoms with Gasteiger partial charge in [-0.15, -0.1) is 0 Å². The number of carbonyl (C=O) groups is 1. The molecule has 0 radical (unpaired) electrons. The van der Waals surface area contributed by atoms with E-state index in [-0.39, 0.29) is 17.3 Å². The highest BCUT2D eigenvalue weighted by Gasteiger charge is 2.14. The van der Waals surface area contributed by atoms with E-state index in [4.69, 9.17) is 0 Å². The van der Waals surface area contributed by atoms with Crippen LogP contribution in [0.4, 0.5) is 5.69 Å². The number of nitrogens with one attached hydrogen (secondary N) is 1. The fraction of sp³-hybridized carbons (Fsp3) is 0.125. The highest BCUT2D eigenvalue weighted by molar-refractivity contribution is 7.99. The van der Waals surface area contributed by atoms with Crippen LogP contribution in [0.2, 0.25) is 0 Å². The summed E-state index contributed by atoms with van der Waals surface area (Å²) in [6, 6.07) is 22.4. The zero-order chi connectivity index (χ0) is 23.2. The van der Waals surface area contributed by atoms with Gasteiger partial charge in [0, 0.05) is 6.07 Å². The molecule has 9 heteroatoms. The first kappa shape index (κ1) is 22.2. The van der Waals surface area contributed by atoms with E-state index in [1.54, 1.807) is 18.2 Å². The number of benzene rings is 3. The first-order valence-corrected chi connectivity index (χ1v) is 11.2. The molecule has 4 rings (SSSR count). The van der Waals surface area contributed by atoms with Crippen LogP contribution in [-0.4, -0.2) is 32.3 Å². The average Bonchev–Trinajstić information content (AvgIpc) is 3.16. The molecule has 1 N–H and O–H groups in total. The van der Waals surface area contributed by atoms with Crippen molar-refractivity contribution >= 4 is 40.6 Å². The summed E-state index contributed by atoms with van der Waals surface area (Å²) in [5.41, 5.74) is 6.87. The van der Waals surface area contributed by atoms with E-state index in [2.05, 4.69) is 51.3 Å². The molecule has 166 valence electrons. The van der Waals surface area contributed by atoms with E-state index in [0.717, 1.165) is 21.8 Å². The number of nitro benzene ring substituents is 1. The highest BCUT2D eigenvalue weighted by atomic mass is 32.2. The molecule has 0 saturated heterocycles. The Morgan fingerprint density at radius 3 is 2.64 bits per heavy atom. The van der Waals surface area contributed by atoms with Crippen LogP contribution < -0.4 is 5.43 Å². The second kappa shape index (κ2) is 10.1. The van der Waals surface area contributed by atoms with Crippen molar-refractivity contribution < 1.29 is 9.72 Å². The van der Waals surface area contributed by atoms with Crippen molar-refractivity contribution in [3.8, 4) is 0 Å². The maximum absolute atomic E-state index is 12.3. The van der Waals surface area contributed by atoms with Gasteiger partial charge in [0.1, 0.15) is 0 Å². The van der Waals surface area contributed by atoms with Crippen molar-refractivity contribution in [1.29, 1.82) is 0 Å². The molecule has 0 spiro atoms. The number of imidazole rings is 1. The number of fused-ring (bicyclic) bond motifs is 1. The number of hydrazone groups is 1. The predicted octanol–water partition coefficient (Wildman–Crippen LogP) is 4.54. The highest BCUT2D eigenvalue weighted by Crippen LogP contribution is 2.25. The number of amides is 1. The number of aryl methyl sites for hydroxylation is 1. The molecule has 0 bridgehead atoms. The molecule has 4 aromatic rings. The molecular formula is C24H21N5O3S. The fourth-order valence-corrected chi connectivity index (χ4v) is 4.10. The van der Waals surface area contributed by atoms with Crippen LogP contribution in [0, 0.1) is 17.0 Å². The first-order valence-electron chi connectivity index (χ1n) is 10.2. The van der Waals surface area contributed by atoms with E-state index >= 15 is 0 Å². The van der Waals surface area contributed by atoms with Crippen LogP contribution in [-0.2, 0) is 11.3 Å².